The molecule has 0 fully saturated rings. The number of carboxylic acids is 1. The predicted molar refractivity (Wildman–Crippen MR) is 54.7 cm³/mol. The van der Waals surface area contributed by atoms with Gasteiger partial charge in [-0.1, -0.05) is 5.16 Å². The van der Waals surface area contributed by atoms with Crippen molar-refractivity contribution in [1.82, 2.24) is 10.1 Å². The van der Waals surface area contributed by atoms with Crippen molar-refractivity contribution in [3.8, 4) is 0 Å². The molecule has 0 radical (unpaired) electrons. The minimum absolute atomic E-state index is 0.0710. The summed E-state index contributed by atoms with van der Waals surface area (Å²) in [7, 11) is 1.64. The first kappa shape index (κ1) is 12.2. The molecule has 6 nitrogen and oxygen atoms in total. The van der Waals surface area contributed by atoms with Gasteiger partial charge in [0.2, 0.25) is 5.91 Å². The van der Waals surface area contributed by atoms with Crippen LogP contribution in [0.3, 0.4) is 0 Å². The van der Waals surface area contributed by atoms with Gasteiger partial charge < -0.3 is 14.5 Å². The van der Waals surface area contributed by atoms with Crippen molar-refractivity contribution >= 4 is 11.9 Å². The van der Waals surface area contributed by atoms with Crippen LogP contribution in [0, 0.1) is 0 Å². The highest BCUT2D eigenvalue weighted by Gasteiger charge is 2.11. The molecule has 0 saturated heterocycles. The van der Waals surface area contributed by atoms with E-state index in [0.29, 0.717) is 18.7 Å². The molecule has 1 heterocycles. The van der Waals surface area contributed by atoms with Gasteiger partial charge in [-0.15, -0.1) is 0 Å². The Bertz CT molecular complexity index is 348. The summed E-state index contributed by atoms with van der Waals surface area (Å²) in [4.78, 5) is 23.4. The Morgan fingerprint density at radius 3 is 2.88 bits per heavy atom. The summed E-state index contributed by atoms with van der Waals surface area (Å²) in [6, 6.07) is 1.63. The number of aromatic nitrogens is 1. The van der Waals surface area contributed by atoms with E-state index < -0.39 is 5.97 Å². The number of hydrogen-bond donors (Lipinski definition) is 1. The molecule has 1 N–H and O–H groups in total. The van der Waals surface area contributed by atoms with Crippen LogP contribution in [-0.2, 0) is 16.0 Å². The molecule has 1 amide bonds. The number of carbonyl (C=O) groups is 2. The molecule has 0 aromatic carbocycles. The van der Waals surface area contributed by atoms with E-state index >= 15 is 0 Å². The van der Waals surface area contributed by atoms with Crippen LogP contribution >= 0.6 is 0 Å². The number of hydrogen-bond acceptors (Lipinski definition) is 4. The smallest absolute Gasteiger partial charge is 0.303 e. The number of carboxylic acid groups (broad SMARTS) is 1. The fraction of sp³-hybridized carbons (Fsp3) is 0.500. The number of carbonyl (C=O) groups excluding carboxylic acids is 1. The molecule has 88 valence electrons. The summed E-state index contributed by atoms with van der Waals surface area (Å²) in [6.07, 6.45) is 2.12. The van der Waals surface area contributed by atoms with Crippen LogP contribution in [0.25, 0.3) is 0 Å². The van der Waals surface area contributed by atoms with E-state index in [4.69, 9.17) is 5.11 Å². The molecule has 0 atom stereocenters. The van der Waals surface area contributed by atoms with Crippen LogP contribution in [0.1, 0.15) is 18.5 Å². The van der Waals surface area contributed by atoms with Crippen molar-refractivity contribution < 1.29 is 19.2 Å². The maximum Gasteiger partial charge on any atom is 0.303 e. The van der Waals surface area contributed by atoms with E-state index in [2.05, 4.69) is 9.68 Å². The normalized spacial score (nSPS) is 10.1. The molecule has 0 saturated carbocycles. The predicted octanol–water partition coefficient (Wildman–Crippen LogP) is 0.540. The zero-order chi connectivity index (χ0) is 12.0. The SMILES string of the molecule is CN(CCCC(=O)O)C(=O)Cc1ccon1. The second kappa shape index (κ2) is 5.89. The quantitative estimate of drug-likeness (QED) is 0.765. The number of rotatable bonds is 6. The zero-order valence-corrected chi connectivity index (χ0v) is 9.05. The van der Waals surface area contributed by atoms with Crippen LogP contribution in [-0.4, -0.2) is 40.6 Å². The van der Waals surface area contributed by atoms with Crippen molar-refractivity contribution in [1.29, 1.82) is 0 Å². The maximum absolute atomic E-state index is 11.6. The molecule has 6 heteroatoms. The Hall–Kier alpha value is -1.85. The van der Waals surface area contributed by atoms with E-state index in [1.54, 1.807) is 13.1 Å². The molecule has 0 aliphatic carbocycles. The average Bonchev–Trinajstić information content (AvgIpc) is 2.69. The summed E-state index contributed by atoms with van der Waals surface area (Å²) in [5, 5.41) is 12.1. The first-order valence-electron chi connectivity index (χ1n) is 4.94. The molecule has 0 unspecified atom stereocenters. The van der Waals surface area contributed by atoms with Crippen LogP contribution < -0.4 is 0 Å². The number of amides is 1. The lowest BCUT2D eigenvalue weighted by molar-refractivity contribution is -0.138. The molecule has 1 aromatic rings. The van der Waals surface area contributed by atoms with E-state index in [0.717, 1.165) is 0 Å². The highest BCUT2D eigenvalue weighted by Crippen LogP contribution is 2.00. The zero-order valence-electron chi connectivity index (χ0n) is 9.05. The number of aliphatic carboxylic acids is 1. The average molecular weight is 226 g/mol. The Balaban J connectivity index is 2.28. The van der Waals surface area contributed by atoms with Gasteiger partial charge >= 0.3 is 5.97 Å². The van der Waals surface area contributed by atoms with Gasteiger partial charge in [0.25, 0.3) is 0 Å². The van der Waals surface area contributed by atoms with Crippen molar-refractivity contribution in [2.45, 2.75) is 19.3 Å². The Kier molecular flexibility index (Phi) is 4.50. The molecule has 1 rings (SSSR count). The molecule has 16 heavy (non-hydrogen) atoms. The number of nitrogens with zero attached hydrogens (tertiary/aromatic N) is 2. The Morgan fingerprint density at radius 2 is 2.31 bits per heavy atom. The molecule has 1 aromatic heterocycles. The van der Waals surface area contributed by atoms with Crippen LogP contribution in [0.15, 0.2) is 16.9 Å². The van der Waals surface area contributed by atoms with Crippen LogP contribution in [0.5, 0.6) is 0 Å². The van der Waals surface area contributed by atoms with Gasteiger partial charge in [0.05, 0.1) is 12.1 Å². The van der Waals surface area contributed by atoms with Crippen LogP contribution in [0.2, 0.25) is 0 Å². The lowest BCUT2D eigenvalue weighted by atomic mass is 10.2. The third kappa shape index (κ3) is 4.12. The molecular weight excluding hydrogens is 212 g/mol. The molecular formula is C10H14N2O4. The van der Waals surface area contributed by atoms with Gasteiger partial charge in [0, 0.05) is 26.1 Å². The van der Waals surface area contributed by atoms with E-state index in [-0.39, 0.29) is 18.7 Å². The summed E-state index contributed by atoms with van der Waals surface area (Å²) in [5.41, 5.74) is 0.579. The first-order valence-corrected chi connectivity index (χ1v) is 4.94. The summed E-state index contributed by atoms with van der Waals surface area (Å²) < 4.78 is 4.61. The van der Waals surface area contributed by atoms with Gasteiger partial charge in [0.15, 0.2) is 0 Å². The minimum atomic E-state index is -0.850. The highest BCUT2D eigenvalue weighted by molar-refractivity contribution is 5.78. The highest BCUT2D eigenvalue weighted by atomic mass is 16.5. The van der Waals surface area contributed by atoms with Gasteiger partial charge in [-0.2, -0.15) is 0 Å². The molecule has 0 bridgehead atoms. The van der Waals surface area contributed by atoms with E-state index in [1.807, 2.05) is 0 Å². The van der Waals surface area contributed by atoms with Crippen molar-refractivity contribution in [2.24, 2.45) is 0 Å². The minimum Gasteiger partial charge on any atom is -0.481 e. The van der Waals surface area contributed by atoms with E-state index in [9.17, 15) is 9.59 Å². The topological polar surface area (TPSA) is 83.6 Å². The fourth-order valence-electron chi connectivity index (χ4n) is 1.21. The van der Waals surface area contributed by atoms with Crippen molar-refractivity contribution in [3.63, 3.8) is 0 Å². The van der Waals surface area contributed by atoms with E-state index in [1.165, 1.54) is 11.2 Å². The summed E-state index contributed by atoms with van der Waals surface area (Å²) >= 11 is 0. The fourth-order valence-corrected chi connectivity index (χ4v) is 1.21. The summed E-state index contributed by atoms with van der Waals surface area (Å²) in [6.45, 7) is 0.434. The Morgan fingerprint density at radius 1 is 1.56 bits per heavy atom. The summed E-state index contributed by atoms with van der Waals surface area (Å²) in [5.74, 6) is -0.948. The maximum atomic E-state index is 11.6. The van der Waals surface area contributed by atoms with Crippen molar-refractivity contribution in [2.75, 3.05) is 13.6 Å². The lowest BCUT2D eigenvalue weighted by Gasteiger charge is -2.15. The largest absolute Gasteiger partial charge is 0.481 e. The lowest BCUT2D eigenvalue weighted by Crippen LogP contribution is -2.29. The Labute approximate surface area is 92.8 Å². The second-order valence-electron chi connectivity index (χ2n) is 3.48. The van der Waals surface area contributed by atoms with Crippen molar-refractivity contribution in [3.05, 3.63) is 18.0 Å². The molecule has 0 spiro atoms. The van der Waals surface area contributed by atoms with Gasteiger partial charge in [-0.25, -0.2) is 0 Å². The van der Waals surface area contributed by atoms with Gasteiger partial charge in [-0.05, 0) is 6.42 Å². The third-order valence-corrected chi connectivity index (χ3v) is 2.13. The first-order chi connectivity index (χ1) is 7.59. The van der Waals surface area contributed by atoms with Gasteiger partial charge in [0.1, 0.15) is 6.26 Å². The number of likely N-dealkylation sites (N-methyl/N-ethyl adjacent to an activating group) is 1. The molecule has 0 aliphatic rings. The van der Waals surface area contributed by atoms with Crippen LogP contribution in [0.4, 0.5) is 0 Å². The molecule has 0 aliphatic heterocycles. The second-order valence-corrected chi connectivity index (χ2v) is 3.48. The van der Waals surface area contributed by atoms with Gasteiger partial charge in [-0.3, -0.25) is 9.59 Å². The standard InChI is InChI=1S/C10H14N2O4/c1-12(5-2-3-10(14)15)9(13)7-8-4-6-16-11-8/h4,6H,2-3,5,7H2,1H3,(H,14,15). The monoisotopic (exact) mass is 226 g/mol. The third-order valence-electron chi connectivity index (χ3n) is 2.13.